The van der Waals surface area contributed by atoms with Crippen molar-refractivity contribution >= 4 is 17.4 Å². The molecule has 2 aromatic rings. The van der Waals surface area contributed by atoms with Gasteiger partial charge in [0, 0.05) is 0 Å². The Hall–Kier alpha value is -1.48. The first-order valence-electron chi connectivity index (χ1n) is 6.23. The highest BCUT2D eigenvalue weighted by Gasteiger charge is 2.25. The normalized spacial score (nSPS) is 15.0. The van der Waals surface area contributed by atoms with Crippen LogP contribution in [0.4, 0.5) is 5.82 Å². The maximum Gasteiger partial charge on any atom is 0.141 e. The van der Waals surface area contributed by atoms with E-state index in [2.05, 4.69) is 29.4 Å². The lowest BCUT2D eigenvalue weighted by Gasteiger charge is -2.09. The van der Waals surface area contributed by atoms with Crippen molar-refractivity contribution in [3.63, 3.8) is 0 Å². The maximum absolute atomic E-state index is 6.07. The first kappa shape index (κ1) is 11.6. The van der Waals surface area contributed by atoms with E-state index in [-0.39, 0.29) is 0 Å². The summed E-state index contributed by atoms with van der Waals surface area (Å²) in [7, 11) is 0. The Kier molecular flexibility index (Phi) is 2.78. The van der Waals surface area contributed by atoms with Gasteiger partial charge >= 0.3 is 0 Å². The predicted octanol–water partition coefficient (Wildman–Crippen LogP) is 3.35. The fraction of sp³-hybridized carbons (Fsp3) is 0.357. The van der Waals surface area contributed by atoms with Crippen LogP contribution < -0.4 is 5.73 Å². The molecule has 18 heavy (non-hydrogen) atoms. The second-order valence-corrected chi connectivity index (χ2v) is 5.29. The van der Waals surface area contributed by atoms with Crippen LogP contribution in [0.25, 0.3) is 0 Å². The summed E-state index contributed by atoms with van der Waals surface area (Å²) in [5, 5.41) is 4.95. The Morgan fingerprint density at radius 2 is 2.11 bits per heavy atom. The van der Waals surface area contributed by atoms with Gasteiger partial charge in [-0.3, -0.25) is 0 Å². The number of anilines is 1. The predicted molar refractivity (Wildman–Crippen MR) is 73.9 cm³/mol. The van der Waals surface area contributed by atoms with Crippen LogP contribution in [-0.2, 0) is 6.54 Å². The highest BCUT2D eigenvalue weighted by Crippen LogP contribution is 2.41. The van der Waals surface area contributed by atoms with E-state index in [4.69, 9.17) is 17.3 Å². The van der Waals surface area contributed by atoms with Crippen LogP contribution in [0.2, 0.25) is 5.02 Å². The van der Waals surface area contributed by atoms with E-state index >= 15 is 0 Å². The van der Waals surface area contributed by atoms with Crippen molar-refractivity contribution in [2.24, 2.45) is 0 Å². The summed E-state index contributed by atoms with van der Waals surface area (Å²) in [6.45, 7) is 2.58. The number of hydrogen-bond donors (Lipinski definition) is 1. The molecule has 1 heterocycles. The van der Waals surface area contributed by atoms with Gasteiger partial charge in [-0.25, -0.2) is 4.68 Å². The van der Waals surface area contributed by atoms with Gasteiger partial charge < -0.3 is 5.73 Å². The van der Waals surface area contributed by atoms with Crippen LogP contribution in [0.1, 0.15) is 35.6 Å². The number of nitrogen functional groups attached to an aromatic ring is 1. The van der Waals surface area contributed by atoms with Crippen molar-refractivity contribution in [3.05, 3.63) is 46.1 Å². The van der Waals surface area contributed by atoms with Crippen LogP contribution in [0.5, 0.6) is 0 Å². The Morgan fingerprint density at radius 1 is 1.39 bits per heavy atom. The van der Waals surface area contributed by atoms with Gasteiger partial charge in [-0.1, -0.05) is 35.9 Å². The molecule has 2 N–H and O–H groups in total. The summed E-state index contributed by atoms with van der Waals surface area (Å²) in [6.07, 6.45) is 2.59. The standard InChI is InChI=1S/C14H16ClN3/c1-9-13(15)14(16)18(17-9)8-11-4-2-3-5-12(11)10-6-7-10/h2-5,10H,6-8,16H2,1H3. The summed E-state index contributed by atoms with van der Waals surface area (Å²) in [5.74, 6) is 1.29. The molecule has 1 aliphatic carbocycles. The molecular weight excluding hydrogens is 246 g/mol. The summed E-state index contributed by atoms with van der Waals surface area (Å²) in [5.41, 5.74) is 9.48. The molecule has 4 heteroatoms. The van der Waals surface area contributed by atoms with Gasteiger partial charge in [-0.05, 0) is 36.8 Å². The molecule has 3 nitrogen and oxygen atoms in total. The average molecular weight is 262 g/mol. The maximum atomic E-state index is 6.07. The zero-order valence-corrected chi connectivity index (χ0v) is 11.1. The Bertz CT molecular complexity index is 585. The SMILES string of the molecule is Cc1nn(Cc2ccccc2C2CC2)c(N)c1Cl. The molecule has 3 rings (SSSR count). The first-order valence-corrected chi connectivity index (χ1v) is 6.61. The minimum atomic E-state index is 0.555. The van der Waals surface area contributed by atoms with Crippen molar-refractivity contribution in [1.82, 2.24) is 9.78 Å². The highest BCUT2D eigenvalue weighted by atomic mass is 35.5. The van der Waals surface area contributed by atoms with E-state index in [1.54, 1.807) is 4.68 Å². The minimum Gasteiger partial charge on any atom is -0.383 e. The lowest BCUT2D eigenvalue weighted by molar-refractivity contribution is 0.684. The third-order valence-corrected chi connectivity index (χ3v) is 3.95. The molecular formula is C14H16ClN3. The Labute approximate surface area is 112 Å². The molecule has 1 saturated carbocycles. The molecule has 0 spiro atoms. The van der Waals surface area contributed by atoms with Crippen molar-refractivity contribution in [1.29, 1.82) is 0 Å². The molecule has 0 bridgehead atoms. The highest BCUT2D eigenvalue weighted by molar-refractivity contribution is 6.33. The molecule has 1 aromatic heterocycles. The molecule has 0 amide bonds. The third-order valence-electron chi connectivity index (χ3n) is 3.48. The van der Waals surface area contributed by atoms with E-state index in [1.807, 2.05) is 6.92 Å². The van der Waals surface area contributed by atoms with Gasteiger partial charge in [0.15, 0.2) is 0 Å². The molecule has 1 aliphatic rings. The summed E-state index contributed by atoms with van der Waals surface area (Å²) < 4.78 is 1.79. The number of aryl methyl sites for hydroxylation is 1. The van der Waals surface area contributed by atoms with Gasteiger partial charge in [-0.2, -0.15) is 5.10 Å². The monoisotopic (exact) mass is 261 g/mol. The second kappa shape index (κ2) is 4.32. The quantitative estimate of drug-likeness (QED) is 0.921. The topological polar surface area (TPSA) is 43.8 Å². The fourth-order valence-corrected chi connectivity index (χ4v) is 2.47. The molecule has 0 atom stereocenters. The van der Waals surface area contributed by atoms with Crippen LogP contribution in [0.15, 0.2) is 24.3 Å². The first-order chi connectivity index (χ1) is 8.66. The van der Waals surface area contributed by atoms with E-state index in [0.717, 1.165) is 11.6 Å². The Balaban J connectivity index is 1.94. The van der Waals surface area contributed by atoms with E-state index in [9.17, 15) is 0 Å². The lowest BCUT2D eigenvalue weighted by atomic mass is 10.0. The van der Waals surface area contributed by atoms with Crippen LogP contribution in [0, 0.1) is 6.92 Å². The van der Waals surface area contributed by atoms with E-state index in [1.165, 1.54) is 24.0 Å². The lowest BCUT2D eigenvalue weighted by Crippen LogP contribution is -2.07. The van der Waals surface area contributed by atoms with Crippen LogP contribution >= 0.6 is 11.6 Å². The molecule has 1 aromatic carbocycles. The van der Waals surface area contributed by atoms with Crippen LogP contribution in [0.3, 0.4) is 0 Å². The number of halogens is 1. The zero-order valence-electron chi connectivity index (χ0n) is 10.4. The second-order valence-electron chi connectivity index (χ2n) is 4.92. The number of benzene rings is 1. The van der Waals surface area contributed by atoms with Gasteiger partial charge in [0.2, 0.25) is 0 Å². The molecule has 0 aliphatic heterocycles. The van der Waals surface area contributed by atoms with Crippen molar-refractivity contribution in [2.45, 2.75) is 32.2 Å². The van der Waals surface area contributed by atoms with E-state index < -0.39 is 0 Å². The van der Waals surface area contributed by atoms with Crippen molar-refractivity contribution < 1.29 is 0 Å². The molecule has 0 saturated heterocycles. The summed E-state index contributed by atoms with van der Waals surface area (Å²) in [6, 6.07) is 8.52. The smallest absolute Gasteiger partial charge is 0.141 e. The Morgan fingerprint density at radius 3 is 2.72 bits per heavy atom. The van der Waals surface area contributed by atoms with Gasteiger partial charge in [0.1, 0.15) is 10.8 Å². The number of rotatable bonds is 3. The number of hydrogen-bond acceptors (Lipinski definition) is 2. The number of aromatic nitrogens is 2. The van der Waals surface area contributed by atoms with E-state index in [0.29, 0.717) is 17.4 Å². The molecule has 0 unspecified atom stereocenters. The average Bonchev–Trinajstić information content (AvgIpc) is 3.17. The number of nitrogens with zero attached hydrogens (tertiary/aromatic N) is 2. The summed E-state index contributed by atoms with van der Waals surface area (Å²) in [4.78, 5) is 0. The van der Waals surface area contributed by atoms with Gasteiger partial charge in [0.05, 0.1) is 12.2 Å². The fourth-order valence-electron chi connectivity index (χ4n) is 2.33. The van der Waals surface area contributed by atoms with Gasteiger partial charge in [-0.15, -0.1) is 0 Å². The third kappa shape index (κ3) is 1.99. The zero-order chi connectivity index (χ0) is 12.7. The minimum absolute atomic E-state index is 0.555. The molecule has 0 radical (unpaired) electrons. The van der Waals surface area contributed by atoms with Gasteiger partial charge in [0.25, 0.3) is 0 Å². The number of nitrogens with two attached hydrogens (primary N) is 1. The molecule has 1 fully saturated rings. The van der Waals surface area contributed by atoms with Crippen LogP contribution in [-0.4, -0.2) is 9.78 Å². The van der Waals surface area contributed by atoms with Crippen molar-refractivity contribution in [2.75, 3.05) is 5.73 Å². The largest absolute Gasteiger partial charge is 0.383 e. The molecule has 94 valence electrons. The summed E-state index contributed by atoms with van der Waals surface area (Å²) >= 11 is 6.07. The van der Waals surface area contributed by atoms with Crippen molar-refractivity contribution in [3.8, 4) is 0 Å².